The van der Waals surface area contributed by atoms with Gasteiger partial charge in [-0.1, -0.05) is 6.92 Å². The fourth-order valence-corrected chi connectivity index (χ4v) is 2.73. The van der Waals surface area contributed by atoms with Gasteiger partial charge in [0.05, 0.1) is 5.69 Å². The van der Waals surface area contributed by atoms with Gasteiger partial charge in [0.15, 0.2) is 0 Å². The molecule has 1 saturated heterocycles. The molecule has 1 aliphatic rings. The minimum absolute atomic E-state index is 0.354. The number of aromatic nitrogens is 2. The van der Waals surface area contributed by atoms with Gasteiger partial charge in [-0.2, -0.15) is 5.10 Å². The van der Waals surface area contributed by atoms with Crippen LogP contribution in [0.25, 0.3) is 0 Å². The third-order valence-corrected chi connectivity index (χ3v) is 3.72. The number of anilines is 1. The van der Waals surface area contributed by atoms with Gasteiger partial charge in [-0.25, -0.2) is 4.79 Å². The average molecular weight is 251 g/mol. The molecule has 0 aromatic carbocycles. The van der Waals surface area contributed by atoms with Crippen molar-refractivity contribution >= 4 is 11.8 Å². The van der Waals surface area contributed by atoms with Gasteiger partial charge in [0, 0.05) is 20.1 Å². The van der Waals surface area contributed by atoms with Crippen molar-refractivity contribution in [2.75, 3.05) is 18.0 Å². The number of hydrogen-bond donors (Lipinski definition) is 1. The number of carboxylic acids is 1. The third kappa shape index (κ3) is 2.35. The Morgan fingerprint density at radius 1 is 1.39 bits per heavy atom. The molecule has 0 aliphatic carbocycles. The van der Waals surface area contributed by atoms with Gasteiger partial charge in [0.1, 0.15) is 11.4 Å². The molecule has 1 fully saturated rings. The lowest BCUT2D eigenvalue weighted by molar-refractivity contribution is 0.0696. The van der Waals surface area contributed by atoms with Crippen LogP contribution in [0, 0.1) is 12.8 Å². The van der Waals surface area contributed by atoms with Gasteiger partial charge in [-0.15, -0.1) is 0 Å². The van der Waals surface area contributed by atoms with Crippen LogP contribution in [0.15, 0.2) is 0 Å². The molecule has 1 aliphatic heterocycles. The summed E-state index contributed by atoms with van der Waals surface area (Å²) < 4.78 is 1.70. The van der Waals surface area contributed by atoms with Crippen LogP contribution in [-0.4, -0.2) is 33.9 Å². The molecular weight excluding hydrogens is 230 g/mol. The van der Waals surface area contributed by atoms with Crippen molar-refractivity contribution in [2.24, 2.45) is 13.0 Å². The Labute approximate surface area is 107 Å². The number of aryl methyl sites for hydroxylation is 2. The molecule has 5 heteroatoms. The standard InChI is InChI=1S/C13H21N3O2/c1-9-5-4-7-16(8-6-9)12-11(13(17)18)10(2)14-15(12)3/h9H,4-8H2,1-3H3,(H,17,18). The molecule has 1 aromatic heterocycles. The fraction of sp³-hybridized carbons (Fsp3) is 0.692. The van der Waals surface area contributed by atoms with E-state index in [2.05, 4.69) is 16.9 Å². The van der Waals surface area contributed by atoms with Crippen LogP contribution in [0.2, 0.25) is 0 Å². The predicted octanol–water partition coefficient (Wildman–Crippen LogP) is 2.05. The van der Waals surface area contributed by atoms with E-state index in [1.165, 1.54) is 6.42 Å². The highest BCUT2D eigenvalue weighted by Crippen LogP contribution is 2.27. The Kier molecular flexibility index (Phi) is 3.59. The van der Waals surface area contributed by atoms with Crippen LogP contribution in [0.1, 0.15) is 42.2 Å². The van der Waals surface area contributed by atoms with E-state index in [9.17, 15) is 9.90 Å². The first-order chi connectivity index (χ1) is 8.50. The lowest BCUT2D eigenvalue weighted by atomic mass is 10.0. The normalized spacial score (nSPS) is 20.8. The van der Waals surface area contributed by atoms with Crippen LogP contribution in [0.4, 0.5) is 5.82 Å². The first-order valence-electron chi connectivity index (χ1n) is 6.52. The molecule has 5 nitrogen and oxygen atoms in total. The molecule has 0 saturated carbocycles. The third-order valence-electron chi connectivity index (χ3n) is 3.72. The number of rotatable bonds is 2. The molecule has 2 heterocycles. The SMILES string of the molecule is Cc1nn(C)c(N2CCCC(C)CC2)c1C(=O)O. The van der Waals surface area contributed by atoms with Crippen molar-refractivity contribution in [3.05, 3.63) is 11.3 Å². The number of carboxylic acid groups (broad SMARTS) is 1. The van der Waals surface area contributed by atoms with Crippen LogP contribution in [0.3, 0.4) is 0 Å². The Bertz CT molecular complexity index is 453. The zero-order valence-corrected chi connectivity index (χ0v) is 11.3. The predicted molar refractivity (Wildman–Crippen MR) is 70.1 cm³/mol. The minimum Gasteiger partial charge on any atom is -0.477 e. The largest absolute Gasteiger partial charge is 0.477 e. The summed E-state index contributed by atoms with van der Waals surface area (Å²) in [6.07, 6.45) is 3.45. The summed E-state index contributed by atoms with van der Waals surface area (Å²) in [5, 5.41) is 13.6. The summed E-state index contributed by atoms with van der Waals surface area (Å²) in [6, 6.07) is 0. The molecule has 2 rings (SSSR count). The Morgan fingerprint density at radius 2 is 2.11 bits per heavy atom. The van der Waals surface area contributed by atoms with Crippen molar-refractivity contribution in [1.82, 2.24) is 9.78 Å². The summed E-state index contributed by atoms with van der Waals surface area (Å²) in [6.45, 7) is 5.85. The molecule has 100 valence electrons. The molecule has 1 N–H and O–H groups in total. The van der Waals surface area contributed by atoms with Crippen molar-refractivity contribution in [1.29, 1.82) is 0 Å². The summed E-state index contributed by atoms with van der Waals surface area (Å²) >= 11 is 0. The van der Waals surface area contributed by atoms with Crippen LogP contribution in [0.5, 0.6) is 0 Å². The quantitative estimate of drug-likeness (QED) is 0.874. The van der Waals surface area contributed by atoms with E-state index in [1.54, 1.807) is 11.6 Å². The first kappa shape index (κ1) is 12.9. The average Bonchev–Trinajstić information content (AvgIpc) is 2.46. The topological polar surface area (TPSA) is 58.4 Å². The zero-order chi connectivity index (χ0) is 13.3. The first-order valence-corrected chi connectivity index (χ1v) is 6.52. The summed E-state index contributed by atoms with van der Waals surface area (Å²) in [5.41, 5.74) is 0.948. The van der Waals surface area contributed by atoms with Gasteiger partial charge in [0.2, 0.25) is 0 Å². The fourth-order valence-electron chi connectivity index (χ4n) is 2.73. The highest BCUT2D eigenvalue weighted by atomic mass is 16.4. The monoisotopic (exact) mass is 251 g/mol. The Hall–Kier alpha value is -1.52. The molecule has 1 unspecified atom stereocenters. The number of carbonyl (C=O) groups is 1. The number of aromatic carboxylic acids is 1. The minimum atomic E-state index is -0.882. The molecule has 1 aromatic rings. The van der Waals surface area contributed by atoms with Crippen LogP contribution < -0.4 is 4.90 Å². The van der Waals surface area contributed by atoms with E-state index in [1.807, 2.05) is 7.05 Å². The molecule has 0 radical (unpaired) electrons. The Balaban J connectivity index is 2.34. The maximum absolute atomic E-state index is 11.4. The number of hydrogen-bond acceptors (Lipinski definition) is 3. The van der Waals surface area contributed by atoms with Crippen molar-refractivity contribution in [3.8, 4) is 0 Å². The second-order valence-electron chi connectivity index (χ2n) is 5.24. The van der Waals surface area contributed by atoms with Gasteiger partial charge in [0.25, 0.3) is 0 Å². The maximum Gasteiger partial charge on any atom is 0.341 e. The highest BCUT2D eigenvalue weighted by molar-refractivity contribution is 5.94. The summed E-state index contributed by atoms with van der Waals surface area (Å²) in [5.74, 6) is 0.597. The molecule has 0 amide bonds. The van der Waals surface area contributed by atoms with Crippen LogP contribution in [-0.2, 0) is 7.05 Å². The van der Waals surface area contributed by atoms with E-state index in [0.29, 0.717) is 11.3 Å². The lowest BCUT2D eigenvalue weighted by Crippen LogP contribution is -2.28. The van der Waals surface area contributed by atoms with Gasteiger partial charge in [-0.05, 0) is 32.1 Å². The summed E-state index contributed by atoms with van der Waals surface area (Å²) in [7, 11) is 1.82. The second kappa shape index (κ2) is 5.00. The Morgan fingerprint density at radius 3 is 2.78 bits per heavy atom. The zero-order valence-electron chi connectivity index (χ0n) is 11.3. The van der Waals surface area contributed by atoms with E-state index in [4.69, 9.17) is 0 Å². The van der Waals surface area contributed by atoms with E-state index in [0.717, 1.165) is 37.7 Å². The van der Waals surface area contributed by atoms with E-state index >= 15 is 0 Å². The van der Waals surface area contributed by atoms with Crippen LogP contribution >= 0.6 is 0 Å². The highest BCUT2D eigenvalue weighted by Gasteiger charge is 2.25. The van der Waals surface area contributed by atoms with Gasteiger partial charge >= 0.3 is 5.97 Å². The van der Waals surface area contributed by atoms with E-state index < -0.39 is 5.97 Å². The molecule has 18 heavy (non-hydrogen) atoms. The van der Waals surface area contributed by atoms with Crippen molar-refractivity contribution in [3.63, 3.8) is 0 Å². The van der Waals surface area contributed by atoms with Crippen molar-refractivity contribution in [2.45, 2.75) is 33.1 Å². The molecule has 0 spiro atoms. The summed E-state index contributed by atoms with van der Waals surface area (Å²) in [4.78, 5) is 13.5. The van der Waals surface area contributed by atoms with E-state index in [-0.39, 0.29) is 0 Å². The molecule has 1 atom stereocenters. The number of nitrogens with zero attached hydrogens (tertiary/aromatic N) is 3. The van der Waals surface area contributed by atoms with Gasteiger partial charge in [-0.3, -0.25) is 4.68 Å². The smallest absolute Gasteiger partial charge is 0.341 e. The maximum atomic E-state index is 11.4. The van der Waals surface area contributed by atoms with Gasteiger partial charge < -0.3 is 10.0 Å². The lowest BCUT2D eigenvalue weighted by Gasteiger charge is -2.23. The second-order valence-corrected chi connectivity index (χ2v) is 5.24. The molecule has 0 bridgehead atoms. The van der Waals surface area contributed by atoms with Crippen molar-refractivity contribution < 1.29 is 9.90 Å². The molecular formula is C13H21N3O2.